The van der Waals surface area contributed by atoms with Crippen LogP contribution in [0.25, 0.3) is 0 Å². The van der Waals surface area contributed by atoms with E-state index in [1.165, 1.54) is 0 Å². The van der Waals surface area contributed by atoms with Crippen molar-refractivity contribution in [2.24, 2.45) is 0 Å². The topological polar surface area (TPSA) is 28.7 Å². The fourth-order valence-corrected chi connectivity index (χ4v) is 2.28. The summed E-state index contributed by atoms with van der Waals surface area (Å²) in [6.07, 6.45) is 2.19. The highest BCUT2D eigenvalue weighted by Gasteiger charge is 2.07. The van der Waals surface area contributed by atoms with Gasteiger partial charge in [-0.25, -0.2) is 4.98 Å². The quantitative estimate of drug-likeness (QED) is 0.789. The van der Waals surface area contributed by atoms with Crippen LogP contribution in [0.5, 0.6) is 0 Å². The highest BCUT2D eigenvalue weighted by atomic mass is 79.9. The van der Waals surface area contributed by atoms with Gasteiger partial charge in [-0.05, 0) is 33.6 Å². The second-order valence-electron chi connectivity index (χ2n) is 3.38. The number of nitrogens with zero attached hydrogens (tertiary/aromatic N) is 1. The lowest BCUT2D eigenvalue weighted by atomic mass is 10.1. The van der Waals surface area contributed by atoms with Gasteiger partial charge in [0.1, 0.15) is 10.5 Å². The molecule has 1 heterocycles. The van der Waals surface area contributed by atoms with E-state index in [-0.39, 0.29) is 0 Å². The van der Waals surface area contributed by atoms with Crippen molar-refractivity contribution in [2.75, 3.05) is 0 Å². The predicted molar refractivity (Wildman–Crippen MR) is 76.4 cm³/mol. The average Bonchev–Trinajstić information content (AvgIpc) is 2.28. The van der Waals surface area contributed by atoms with E-state index in [1.807, 2.05) is 6.07 Å². The normalized spacial score (nSPS) is 10.5. The molecule has 1 aromatic carbocycles. The number of halogens is 3. The molecule has 2 nitrogen and oxygen atoms in total. The summed E-state index contributed by atoms with van der Waals surface area (Å²) in [5.74, 6) is 0.730. The van der Waals surface area contributed by atoms with Crippen molar-refractivity contribution in [3.63, 3.8) is 0 Å². The minimum atomic E-state index is 0.523. The molecule has 0 atom stereocenters. The lowest BCUT2D eigenvalue weighted by Crippen LogP contribution is -1.98. The van der Waals surface area contributed by atoms with Crippen LogP contribution in [-0.4, -0.2) is 9.97 Å². The van der Waals surface area contributed by atoms with E-state index in [2.05, 4.69) is 25.9 Å². The molecule has 0 aliphatic rings. The Labute approximate surface area is 122 Å². The van der Waals surface area contributed by atoms with E-state index in [0.717, 1.165) is 15.9 Å². The Morgan fingerprint density at radius 1 is 1.29 bits per heavy atom. The molecule has 0 saturated carbocycles. The zero-order chi connectivity index (χ0) is 12.4. The van der Waals surface area contributed by atoms with Gasteiger partial charge >= 0.3 is 0 Å². The highest BCUT2D eigenvalue weighted by Crippen LogP contribution is 2.26. The van der Waals surface area contributed by atoms with Crippen LogP contribution in [0.1, 0.15) is 11.4 Å². The lowest BCUT2D eigenvalue weighted by molar-refractivity contribution is 0.953. The van der Waals surface area contributed by atoms with Crippen LogP contribution >= 0.6 is 51.3 Å². The summed E-state index contributed by atoms with van der Waals surface area (Å²) >= 11 is 20.6. The summed E-state index contributed by atoms with van der Waals surface area (Å²) in [5.41, 5.74) is 0.844. The van der Waals surface area contributed by atoms with E-state index >= 15 is 0 Å². The Morgan fingerprint density at radius 3 is 2.53 bits per heavy atom. The minimum absolute atomic E-state index is 0.523. The maximum absolute atomic E-state index is 6.09. The van der Waals surface area contributed by atoms with Gasteiger partial charge in [0.15, 0.2) is 0 Å². The largest absolute Gasteiger partial charge is 0.334 e. The molecule has 1 N–H and O–H groups in total. The van der Waals surface area contributed by atoms with Crippen LogP contribution in [0.15, 0.2) is 28.9 Å². The van der Waals surface area contributed by atoms with Crippen molar-refractivity contribution in [3.05, 3.63) is 54.9 Å². The molecule has 0 amide bonds. The first kappa shape index (κ1) is 13.0. The van der Waals surface area contributed by atoms with Crippen LogP contribution < -0.4 is 0 Å². The first-order valence-electron chi connectivity index (χ1n) is 4.74. The van der Waals surface area contributed by atoms with Crippen LogP contribution in [0.3, 0.4) is 0 Å². The molecule has 0 unspecified atom stereocenters. The fraction of sp³-hybridized carbons (Fsp3) is 0.0909. The van der Waals surface area contributed by atoms with Crippen molar-refractivity contribution in [3.8, 4) is 0 Å². The molecule has 0 saturated heterocycles. The van der Waals surface area contributed by atoms with Gasteiger partial charge in [0.25, 0.3) is 0 Å². The van der Waals surface area contributed by atoms with Crippen LogP contribution in [-0.2, 0) is 6.42 Å². The number of rotatable bonds is 2. The first-order valence-corrected chi connectivity index (χ1v) is 6.70. The van der Waals surface area contributed by atoms with Gasteiger partial charge in [-0.2, -0.15) is 0 Å². The highest BCUT2D eigenvalue weighted by molar-refractivity contribution is 9.10. The number of hydrogen-bond donors (Lipinski definition) is 1. The number of nitrogens with one attached hydrogen (secondary N) is 1. The van der Waals surface area contributed by atoms with E-state index in [0.29, 0.717) is 21.1 Å². The minimum Gasteiger partial charge on any atom is -0.334 e. The average molecular weight is 350 g/mol. The summed E-state index contributed by atoms with van der Waals surface area (Å²) in [5, 5.41) is 1.25. The van der Waals surface area contributed by atoms with Gasteiger partial charge in [0.05, 0.1) is 4.47 Å². The second-order valence-corrected chi connectivity index (χ2v) is 5.46. The number of aromatic amines is 1. The molecule has 1 aromatic heterocycles. The Balaban J connectivity index is 2.38. The molecular weight excluding hydrogens is 343 g/mol. The molecule has 0 aliphatic heterocycles. The molecule has 0 radical (unpaired) electrons. The van der Waals surface area contributed by atoms with Crippen molar-refractivity contribution >= 4 is 51.3 Å². The Hall–Kier alpha value is -0.420. The van der Waals surface area contributed by atoms with E-state index in [1.54, 1.807) is 18.3 Å². The van der Waals surface area contributed by atoms with Crippen molar-refractivity contribution in [2.45, 2.75) is 6.42 Å². The second kappa shape index (κ2) is 5.48. The molecule has 0 spiro atoms. The van der Waals surface area contributed by atoms with Crippen LogP contribution in [0.2, 0.25) is 10.0 Å². The van der Waals surface area contributed by atoms with E-state index < -0.39 is 0 Å². The molecule has 6 heteroatoms. The fourth-order valence-electron chi connectivity index (χ4n) is 1.37. The van der Waals surface area contributed by atoms with Crippen LogP contribution in [0, 0.1) is 4.64 Å². The summed E-state index contributed by atoms with van der Waals surface area (Å²) in [4.78, 5) is 7.25. The Morgan fingerprint density at radius 2 is 1.94 bits per heavy atom. The SMILES string of the molecule is S=c1[nH]c(Cc2c(Cl)cccc2Cl)ncc1Br. The number of aromatic nitrogens is 2. The molecule has 0 aliphatic carbocycles. The van der Waals surface area contributed by atoms with Crippen LogP contribution in [0.4, 0.5) is 0 Å². The predicted octanol–water partition coefficient (Wildman–Crippen LogP) is 4.80. The molecule has 88 valence electrons. The van der Waals surface area contributed by atoms with Crippen molar-refractivity contribution < 1.29 is 0 Å². The molecular formula is C11H7BrCl2N2S. The molecule has 17 heavy (non-hydrogen) atoms. The zero-order valence-electron chi connectivity index (χ0n) is 8.51. The van der Waals surface area contributed by atoms with E-state index in [4.69, 9.17) is 35.4 Å². The number of hydrogen-bond acceptors (Lipinski definition) is 2. The van der Waals surface area contributed by atoms with Gasteiger partial charge in [0.2, 0.25) is 0 Å². The third-order valence-corrected chi connectivity index (χ3v) is 4.11. The number of H-pyrrole nitrogens is 1. The summed E-state index contributed by atoms with van der Waals surface area (Å²) < 4.78 is 1.37. The van der Waals surface area contributed by atoms with Gasteiger partial charge in [-0.15, -0.1) is 0 Å². The number of benzene rings is 1. The molecule has 2 aromatic rings. The Bertz CT molecular complexity index is 592. The lowest BCUT2D eigenvalue weighted by Gasteiger charge is -2.06. The third kappa shape index (κ3) is 3.07. The maximum atomic E-state index is 6.09. The smallest absolute Gasteiger partial charge is 0.120 e. The van der Waals surface area contributed by atoms with E-state index in [9.17, 15) is 0 Å². The van der Waals surface area contributed by atoms with Crippen molar-refractivity contribution in [1.82, 2.24) is 9.97 Å². The molecule has 2 rings (SSSR count). The first-order chi connectivity index (χ1) is 8.08. The summed E-state index contributed by atoms with van der Waals surface area (Å²) in [6.45, 7) is 0. The molecule has 0 bridgehead atoms. The standard InChI is InChI=1S/C11H7BrCl2N2S/c12-7-5-15-10(16-11(7)17)4-6-8(13)2-1-3-9(6)14/h1-3,5H,4H2,(H,15,16,17). The van der Waals surface area contributed by atoms with Gasteiger partial charge in [-0.3, -0.25) is 0 Å². The molecule has 0 fully saturated rings. The van der Waals surface area contributed by atoms with Gasteiger partial charge < -0.3 is 4.98 Å². The third-order valence-electron chi connectivity index (χ3n) is 2.21. The van der Waals surface area contributed by atoms with Gasteiger partial charge in [-0.1, -0.05) is 41.5 Å². The Kier molecular flexibility index (Phi) is 4.20. The monoisotopic (exact) mass is 348 g/mol. The summed E-state index contributed by atoms with van der Waals surface area (Å²) in [6, 6.07) is 5.41. The van der Waals surface area contributed by atoms with Crippen molar-refractivity contribution in [1.29, 1.82) is 0 Å². The van der Waals surface area contributed by atoms with Gasteiger partial charge in [0, 0.05) is 22.7 Å². The summed E-state index contributed by atoms with van der Waals surface area (Å²) in [7, 11) is 0. The maximum Gasteiger partial charge on any atom is 0.120 e. The zero-order valence-corrected chi connectivity index (χ0v) is 12.4.